The number of nitrogens with zero attached hydrogens (tertiary/aromatic N) is 2. The number of hydrogen-bond acceptors (Lipinski definition) is 4. The van der Waals surface area contributed by atoms with Gasteiger partial charge in [0.25, 0.3) is 11.6 Å². The van der Waals surface area contributed by atoms with Gasteiger partial charge in [0, 0.05) is 5.56 Å². The van der Waals surface area contributed by atoms with Crippen LogP contribution < -0.4 is 5.32 Å². The number of fused-ring (bicyclic) bond motifs is 1. The molecule has 0 aliphatic heterocycles. The zero-order valence-corrected chi connectivity index (χ0v) is 15.2. The molecule has 0 atom stereocenters. The maximum absolute atomic E-state index is 14.2. The fraction of sp³-hybridized carbons (Fsp3) is 0.0500. The molecule has 0 saturated carbocycles. The fourth-order valence-corrected chi connectivity index (χ4v) is 3.05. The SMILES string of the molecule is Cc1noc2nc(-c3ccccc3F)cc(C(=O)Nc3cccc(Cl)c3F)c12. The molecule has 4 rings (SSSR count). The molecule has 0 unspecified atom stereocenters. The molecule has 0 radical (unpaired) electrons. The molecule has 8 heteroatoms. The maximum Gasteiger partial charge on any atom is 0.259 e. The van der Waals surface area contributed by atoms with Crippen LogP contribution in [0.5, 0.6) is 0 Å². The van der Waals surface area contributed by atoms with E-state index in [0.717, 1.165) is 0 Å². The van der Waals surface area contributed by atoms with Crippen LogP contribution in [0.3, 0.4) is 0 Å². The molecule has 1 amide bonds. The number of carbonyl (C=O) groups excluding carboxylic acids is 1. The summed E-state index contributed by atoms with van der Waals surface area (Å²) in [5.74, 6) is -1.88. The summed E-state index contributed by atoms with van der Waals surface area (Å²) in [5.41, 5.74) is 0.944. The van der Waals surface area contributed by atoms with Crippen molar-refractivity contribution in [2.75, 3.05) is 5.32 Å². The van der Waals surface area contributed by atoms with Crippen molar-refractivity contribution in [2.45, 2.75) is 6.92 Å². The Hall–Kier alpha value is -3.32. The highest BCUT2D eigenvalue weighted by molar-refractivity contribution is 6.31. The van der Waals surface area contributed by atoms with Gasteiger partial charge < -0.3 is 9.84 Å². The van der Waals surface area contributed by atoms with Gasteiger partial charge in [0.2, 0.25) is 0 Å². The molecule has 140 valence electrons. The Morgan fingerprint density at radius 2 is 1.93 bits per heavy atom. The van der Waals surface area contributed by atoms with Crippen molar-refractivity contribution in [1.82, 2.24) is 10.1 Å². The summed E-state index contributed by atoms with van der Waals surface area (Å²) in [6.07, 6.45) is 0. The second-order valence-electron chi connectivity index (χ2n) is 6.04. The van der Waals surface area contributed by atoms with E-state index in [9.17, 15) is 13.6 Å². The van der Waals surface area contributed by atoms with E-state index in [0.29, 0.717) is 11.1 Å². The largest absolute Gasteiger partial charge is 0.335 e. The highest BCUT2D eigenvalue weighted by atomic mass is 35.5. The van der Waals surface area contributed by atoms with Crippen LogP contribution in [0.15, 0.2) is 53.1 Å². The first-order valence-electron chi connectivity index (χ1n) is 8.23. The number of carbonyl (C=O) groups is 1. The fourth-order valence-electron chi connectivity index (χ4n) is 2.87. The second-order valence-corrected chi connectivity index (χ2v) is 6.45. The first kappa shape index (κ1) is 18.1. The van der Waals surface area contributed by atoms with E-state index in [4.69, 9.17) is 16.1 Å². The van der Waals surface area contributed by atoms with Crippen LogP contribution in [0.1, 0.15) is 16.1 Å². The molecular weight excluding hydrogens is 388 g/mol. The van der Waals surface area contributed by atoms with E-state index in [1.54, 1.807) is 19.1 Å². The zero-order valence-electron chi connectivity index (χ0n) is 14.5. The molecule has 0 fully saturated rings. The van der Waals surface area contributed by atoms with Crippen molar-refractivity contribution < 1.29 is 18.1 Å². The van der Waals surface area contributed by atoms with Gasteiger partial charge in [-0.3, -0.25) is 4.79 Å². The van der Waals surface area contributed by atoms with Crippen LogP contribution in [0, 0.1) is 18.6 Å². The summed E-state index contributed by atoms with van der Waals surface area (Å²) >= 11 is 5.77. The van der Waals surface area contributed by atoms with E-state index in [-0.39, 0.29) is 33.2 Å². The quantitative estimate of drug-likeness (QED) is 0.502. The molecule has 2 heterocycles. The number of pyridine rings is 1. The third-order valence-corrected chi connectivity index (χ3v) is 4.50. The van der Waals surface area contributed by atoms with Crippen LogP contribution >= 0.6 is 11.6 Å². The smallest absolute Gasteiger partial charge is 0.259 e. The Kier molecular flexibility index (Phi) is 4.52. The van der Waals surface area contributed by atoms with Crippen LogP contribution in [0.2, 0.25) is 5.02 Å². The van der Waals surface area contributed by atoms with Gasteiger partial charge in [-0.2, -0.15) is 0 Å². The predicted molar refractivity (Wildman–Crippen MR) is 101 cm³/mol. The predicted octanol–water partition coefficient (Wildman–Crippen LogP) is 5.38. The van der Waals surface area contributed by atoms with E-state index < -0.39 is 17.5 Å². The van der Waals surface area contributed by atoms with Crippen molar-refractivity contribution >= 4 is 34.3 Å². The minimum Gasteiger partial charge on any atom is -0.335 e. The Morgan fingerprint density at radius 3 is 2.71 bits per heavy atom. The summed E-state index contributed by atoms with van der Waals surface area (Å²) in [7, 11) is 0. The van der Waals surface area contributed by atoms with Gasteiger partial charge in [-0.25, -0.2) is 13.8 Å². The first-order chi connectivity index (χ1) is 13.5. The lowest BCUT2D eigenvalue weighted by molar-refractivity contribution is 0.102. The van der Waals surface area contributed by atoms with Crippen molar-refractivity contribution in [3.8, 4) is 11.3 Å². The molecule has 1 N–H and O–H groups in total. The number of hydrogen-bond donors (Lipinski definition) is 1. The lowest BCUT2D eigenvalue weighted by Crippen LogP contribution is -2.14. The van der Waals surface area contributed by atoms with E-state index in [2.05, 4.69) is 15.5 Å². The third kappa shape index (κ3) is 3.10. The van der Waals surface area contributed by atoms with E-state index >= 15 is 0 Å². The van der Waals surface area contributed by atoms with Crippen molar-refractivity contribution in [2.24, 2.45) is 0 Å². The molecule has 28 heavy (non-hydrogen) atoms. The maximum atomic E-state index is 14.2. The van der Waals surface area contributed by atoms with Crippen molar-refractivity contribution in [1.29, 1.82) is 0 Å². The Bertz CT molecular complexity index is 1220. The third-order valence-electron chi connectivity index (χ3n) is 4.21. The van der Waals surface area contributed by atoms with Crippen molar-refractivity contribution in [3.05, 3.63) is 76.4 Å². The number of benzene rings is 2. The summed E-state index contributed by atoms with van der Waals surface area (Å²) < 4.78 is 33.6. The standard InChI is InChI=1S/C20H12ClF2N3O2/c1-10-17-12(19(27)24-15-8-4-6-13(21)18(15)23)9-16(25-20(17)28-26-10)11-5-2-3-7-14(11)22/h2-9H,1H3,(H,24,27). The van der Waals surface area contributed by atoms with Crippen LogP contribution in [-0.4, -0.2) is 16.0 Å². The number of nitrogens with one attached hydrogen (secondary N) is 1. The molecule has 0 aliphatic carbocycles. The minimum absolute atomic E-state index is 0.0787. The molecule has 5 nitrogen and oxygen atoms in total. The molecule has 0 bridgehead atoms. The number of anilines is 1. The Labute approximate surface area is 162 Å². The average molecular weight is 400 g/mol. The van der Waals surface area contributed by atoms with Crippen LogP contribution in [0.25, 0.3) is 22.4 Å². The van der Waals surface area contributed by atoms with Gasteiger partial charge >= 0.3 is 0 Å². The average Bonchev–Trinajstić information content (AvgIpc) is 3.06. The van der Waals surface area contributed by atoms with E-state index in [1.165, 1.54) is 36.4 Å². The molecular formula is C20H12ClF2N3O2. The summed E-state index contributed by atoms with van der Waals surface area (Å²) in [6, 6.07) is 11.7. The summed E-state index contributed by atoms with van der Waals surface area (Å²) in [4.78, 5) is 17.2. The van der Waals surface area contributed by atoms with Crippen LogP contribution in [-0.2, 0) is 0 Å². The van der Waals surface area contributed by atoms with Crippen molar-refractivity contribution in [3.63, 3.8) is 0 Å². The van der Waals surface area contributed by atoms with Gasteiger partial charge in [-0.1, -0.05) is 35.0 Å². The highest BCUT2D eigenvalue weighted by Gasteiger charge is 2.21. The lowest BCUT2D eigenvalue weighted by atomic mass is 10.0. The minimum atomic E-state index is -0.751. The van der Waals surface area contributed by atoms with Crippen LogP contribution in [0.4, 0.5) is 14.5 Å². The molecule has 4 aromatic rings. The highest BCUT2D eigenvalue weighted by Crippen LogP contribution is 2.29. The number of amides is 1. The number of aryl methyl sites for hydroxylation is 1. The van der Waals surface area contributed by atoms with Gasteiger partial charge in [-0.05, 0) is 37.3 Å². The van der Waals surface area contributed by atoms with Gasteiger partial charge in [0.05, 0.1) is 33.0 Å². The molecule has 2 aromatic carbocycles. The Balaban J connectivity index is 1.85. The summed E-state index contributed by atoms with van der Waals surface area (Å²) in [6.45, 7) is 1.65. The van der Waals surface area contributed by atoms with Gasteiger partial charge in [0.1, 0.15) is 5.82 Å². The molecule has 2 aromatic heterocycles. The second kappa shape index (κ2) is 7.01. The Morgan fingerprint density at radius 1 is 1.14 bits per heavy atom. The molecule has 0 spiro atoms. The van der Waals surface area contributed by atoms with Gasteiger partial charge in [-0.15, -0.1) is 0 Å². The molecule has 0 aliphatic rings. The number of rotatable bonds is 3. The van der Waals surface area contributed by atoms with E-state index in [1.807, 2.05) is 0 Å². The monoisotopic (exact) mass is 399 g/mol. The zero-order chi connectivity index (χ0) is 19.8. The van der Waals surface area contributed by atoms with Gasteiger partial charge in [0.15, 0.2) is 5.82 Å². The number of halogens is 3. The summed E-state index contributed by atoms with van der Waals surface area (Å²) in [5, 5.41) is 6.55. The number of aromatic nitrogens is 2. The topological polar surface area (TPSA) is 68.0 Å². The first-order valence-corrected chi connectivity index (χ1v) is 8.61. The normalized spacial score (nSPS) is 11.0. The lowest BCUT2D eigenvalue weighted by Gasteiger charge is -2.10. The molecule has 0 saturated heterocycles.